The van der Waals surface area contributed by atoms with Gasteiger partial charge in [-0.3, -0.25) is 0 Å². The van der Waals surface area contributed by atoms with Crippen LogP contribution in [0.5, 0.6) is 0 Å². The van der Waals surface area contributed by atoms with Crippen molar-refractivity contribution in [3.63, 3.8) is 0 Å². The molecule has 0 spiro atoms. The SMILES string of the molecule is Cc1cc2sc(C)[n+](CCO)c2cc1C.Cc1ccc(S(=O)(=O)[O-])cc1. The molecular weight excluding hydrogens is 370 g/mol. The maximum Gasteiger partial charge on any atom is 0.235 e. The fourth-order valence-electron chi connectivity index (χ4n) is 2.53. The minimum Gasteiger partial charge on any atom is -0.744 e. The summed E-state index contributed by atoms with van der Waals surface area (Å²) in [6.07, 6.45) is 0. The van der Waals surface area contributed by atoms with Crippen LogP contribution in [-0.2, 0) is 16.7 Å². The predicted octanol–water partition coefficient (Wildman–Crippen LogP) is 3.01. The van der Waals surface area contributed by atoms with Crippen LogP contribution in [-0.4, -0.2) is 24.7 Å². The molecule has 0 atom stereocenters. The van der Waals surface area contributed by atoms with Gasteiger partial charge in [0.25, 0.3) is 0 Å². The van der Waals surface area contributed by atoms with Crippen molar-refractivity contribution in [1.29, 1.82) is 0 Å². The summed E-state index contributed by atoms with van der Waals surface area (Å²) in [4.78, 5) is -0.178. The average Bonchev–Trinajstić information content (AvgIpc) is 2.84. The largest absolute Gasteiger partial charge is 0.744 e. The van der Waals surface area contributed by atoms with Crippen molar-refractivity contribution in [2.24, 2.45) is 0 Å². The molecule has 0 aliphatic heterocycles. The van der Waals surface area contributed by atoms with Crippen molar-refractivity contribution in [3.8, 4) is 0 Å². The van der Waals surface area contributed by atoms with E-state index in [-0.39, 0.29) is 11.5 Å². The van der Waals surface area contributed by atoms with Crippen LogP contribution in [0.25, 0.3) is 10.2 Å². The van der Waals surface area contributed by atoms with Gasteiger partial charge in [0.1, 0.15) is 21.4 Å². The first-order valence-electron chi connectivity index (χ1n) is 8.17. The van der Waals surface area contributed by atoms with Crippen molar-refractivity contribution in [1.82, 2.24) is 0 Å². The third kappa shape index (κ3) is 4.88. The Kier molecular flexibility index (Phi) is 6.52. The first-order valence-corrected chi connectivity index (χ1v) is 10.4. The van der Waals surface area contributed by atoms with E-state index in [1.807, 2.05) is 6.92 Å². The molecule has 0 aliphatic carbocycles. The summed E-state index contributed by atoms with van der Waals surface area (Å²) in [6, 6.07) is 10.2. The molecule has 2 aromatic carbocycles. The van der Waals surface area contributed by atoms with E-state index in [9.17, 15) is 13.0 Å². The Hall–Kier alpha value is -1.80. The Labute approximate surface area is 158 Å². The van der Waals surface area contributed by atoms with Gasteiger partial charge in [-0.15, -0.1) is 0 Å². The lowest BCUT2D eigenvalue weighted by atomic mass is 10.1. The molecule has 0 aliphatic rings. The van der Waals surface area contributed by atoms with E-state index < -0.39 is 10.1 Å². The lowest BCUT2D eigenvalue weighted by molar-refractivity contribution is -0.674. The number of thiazole rings is 1. The summed E-state index contributed by atoms with van der Waals surface area (Å²) in [5, 5.41) is 10.3. The maximum absolute atomic E-state index is 10.4. The second kappa shape index (κ2) is 8.26. The Morgan fingerprint density at radius 3 is 2.15 bits per heavy atom. The van der Waals surface area contributed by atoms with Gasteiger partial charge in [0.2, 0.25) is 10.5 Å². The molecule has 1 heterocycles. The highest BCUT2D eigenvalue weighted by atomic mass is 32.2. The van der Waals surface area contributed by atoms with Crippen LogP contribution in [0.2, 0.25) is 0 Å². The monoisotopic (exact) mass is 393 g/mol. The molecular formula is C19H23NO4S2. The van der Waals surface area contributed by atoms with Crippen LogP contribution in [0, 0.1) is 27.7 Å². The molecule has 0 amide bonds. The smallest absolute Gasteiger partial charge is 0.235 e. The van der Waals surface area contributed by atoms with E-state index in [0.29, 0.717) is 6.54 Å². The minimum absolute atomic E-state index is 0.178. The van der Waals surface area contributed by atoms with Crippen molar-refractivity contribution in [2.45, 2.75) is 39.1 Å². The maximum atomic E-state index is 10.4. The highest BCUT2D eigenvalue weighted by Crippen LogP contribution is 2.23. The number of aromatic nitrogens is 1. The Morgan fingerprint density at radius 2 is 1.62 bits per heavy atom. The van der Waals surface area contributed by atoms with Gasteiger partial charge in [-0.25, -0.2) is 8.42 Å². The molecule has 26 heavy (non-hydrogen) atoms. The highest BCUT2D eigenvalue weighted by Gasteiger charge is 2.17. The number of aryl methyl sites for hydroxylation is 4. The van der Waals surface area contributed by atoms with Gasteiger partial charge >= 0.3 is 0 Å². The fraction of sp³-hybridized carbons (Fsp3) is 0.316. The molecule has 7 heteroatoms. The van der Waals surface area contributed by atoms with Gasteiger partial charge in [0.05, 0.1) is 4.90 Å². The van der Waals surface area contributed by atoms with Crippen molar-refractivity contribution in [2.75, 3.05) is 6.61 Å². The highest BCUT2D eigenvalue weighted by molar-refractivity contribution is 7.85. The van der Waals surface area contributed by atoms with Crippen LogP contribution < -0.4 is 4.57 Å². The normalized spacial score (nSPS) is 11.3. The molecule has 0 radical (unpaired) electrons. The molecule has 0 saturated heterocycles. The Bertz CT molecular complexity index is 1010. The van der Waals surface area contributed by atoms with Crippen molar-refractivity contribution >= 4 is 31.7 Å². The van der Waals surface area contributed by atoms with Crippen LogP contribution in [0.4, 0.5) is 0 Å². The molecule has 140 valence electrons. The van der Waals surface area contributed by atoms with Gasteiger partial charge in [-0.05, 0) is 50.1 Å². The van der Waals surface area contributed by atoms with E-state index in [2.05, 4.69) is 37.5 Å². The van der Waals surface area contributed by atoms with E-state index in [0.717, 1.165) is 5.56 Å². The van der Waals surface area contributed by atoms with Crippen LogP contribution >= 0.6 is 11.3 Å². The summed E-state index contributed by atoms with van der Waals surface area (Å²) in [6.45, 7) is 9.08. The van der Waals surface area contributed by atoms with E-state index in [1.54, 1.807) is 23.5 Å². The van der Waals surface area contributed by atoms with Gasteiger partial charge in [0, 0.05) is 13.0 Å². The topological polar surface area (TPSA) is 81.3 Å². The zero-order valence-electron chi connectivity index (χ0n) is 15.3. The number of hydrogen-bond donors (Lipinski definition) is 1. The number of aliphatic hydroxyl groups excluding tert-OH is 1. The number of benzene rings is 2. The van der Waals surface area contributed by atoms with Crippen LogP contribution in [0.1, 0.15) is 21.7 Å². The molecule has 1 N–H and O–H groups in total. The van der Waals surface area contributed by atoms with E-state index in [1.165, 1.54) is 38.5 Å². The third-order valence-electron chi connectivity index (χ3n) is 4.14. The fourth-order valence-corrected chi connectivity index (χ4v) is 4.13. The van der Waals surface area contributed by atoms with E-state index in [4.69, 9.17) is 5.11 Å². The van der Waals surface area contributed by atoms with Crippen LogP contribution in [0.3, 0.4) is 0 Å². The van der Waals surface area contributed by atoms with Gasteiger partial charge in [-0.1, -0.05) is 29.0 Å². The number of hydrogen-bond acceptors (Lipinski definition) is 5. The lowest BCUT2D eigenvalue weighted by Gasteiger charge is -2.05. The first-order chi connectivity index (χ1) is 12.1. The first kappa shape index (κ1) is 20.5. The predicted molar refractivity (Wildman–Crippen MR) is 102 cm³/mol. The zero-order valence-corrected chi connectivity index (χ0v) is 16.9. The summed E-state index contributed by atoms with van der Waals surface area (Å²) in [5.74, 6) is 0. The second-order valence-corrected chi connectivity index (χ2v) is 8.78. The summed E-state index contributed by atoms with van der Waals surface area (Å²) < 4.78 is 34.7. The van der Waals surface area contributed by atoms with E-state index >= 15 is 0 Å². The number of aliphatic hydroxyl groups is 1. The minimum atomic E-state index is -4.27. The third-order valence-corrected chi connectivity index (χ3v) is 6.05. The standard InChI is InChI=1S/C12H16NOS.C7H8O3S/c1-8-6-11-12(7-9(8)2)15-10(3)13(11)4-5-14;1-6-2-4-7(5-3-6)11(8,9)10/h6-7,14H,4-5H2,1-3H3;2-5H,1H3,(H,8,9,10)/q+1;/p-1. The molecule has 5 nitrogen and oxygen atoms in total. The number of nitrogens with zero attached hydrogens (tertiary/aromatic N) is 1. The summed E-state index contributed by atoms with van der Waals surface area (Å²) >= 11 is 1.79. The second-order valence-electron chi connectivity index (χ2n) is 6.17. The van der Waals surface area contributed by atoms with Gasteiger partial charge < -0.3 is 9.66 Å². The summed E-state index contributed by atoms with van der Waals surface area (Å²) in [5.41, 5.74) is 4.82. The van der Waals surface area contributed by atoms with Gasteiger partial charge in [0.15, 0.2) is 6.54 Å². The number of rotatable bonds is 3. The Balaban J connectivity index is 0.000000197. The van der Waals surface area contributed by atoms with Crippen molar-refractivity contribution < 1.29 is 22.6 Å². The van der Waals surface area contributed by atoms with Crippen molar-refractivity contribution in [3.05, 3.63) is 58.1 Å². The van der Waals surface area contributed by atoms with Gasteiger partial charge in [-0.2, -0.15) is 4.57 Å². The lowest BCUT2D eigenvalue weighted by Crippen LogP contribution is -2.36. The molecule has 3 aromatic rings. The molecule has 0 bridgehead atoms. The Morgan fingerprint density at radius 1 is 1.04 bits per heavy atom. The summed E-state index contributed by atoms with van der Waals surface area (Å²) in [7, 11) is -4.27. The average molecular weight is 394 g/mol. The molecule has 0 saturated carbocycles. The quantitative estimate of drug-likeness (QED) is 0.548. The number of fused-ring (bicyclic) bond motifs is 1. The zero-order chi connectivity index (χ0) is 19.5. The van der Waals surface area contributed by atoms with Crippen LogP contribution in [0.15, 0.2) is 41.3 Å². The molecule has 0 fully saturated rings. The molecule has 3 rings (SSSR count). The molecule has 0 unspecified atom stereocenters. The molecule has 1 aromatic heterocycles.